The van der Waals surface area contributed by atoms with Crippen molar-refractivity contribution < 1.29 is 4.79 Å². The molecule has 6 rings (SSSR count). The van der Waals surface area contributed by atoms with Crippen molar-refractivity contribution in [3.05, 3.63) is 82.5 Å². The van der Waals surface area contributed by atoms with E-state index in [1.807, 2.05) is 45.6 Å². The highest BCUT2D eigenvalue weighted by atomic mass is 79.9. The van der Waals surface area contributed by atoms with E-state index in [0.29, 0.717) is 24.6 Å². The Bertz CT molecular complexity index is 1430. The molecule has 1 amide bonds. The normalized spacial score (nSPS) is 13.8. The molecule has 5 aromatic rings. The highest BCUT2D eigenvalue weighted by Gasteiger charge is 2.26. The van der Waals surface area contributed by atoms with E-state index < -0.39 is 0 Å². The van der Waals surface area contributed by atoms with E-state index in [1.54, 1.807) is 17.4 Å². The van der Waals surface area contributed by atoms with Gasteiger partial charge in [0.15, 0.2) is 5.65 Å². The number of aromatic amines is 1. The second-order valence-corrected chi connectivity index (χ2v) is 8.96. The average molecular weight is 491 g/mol. The smallest absolute Gasteiger partial charge is 0.257 e. The summed E-state index contributed by atoms with van der Waals surface area (Å²) in [6, 6.07) is 7.99. The maximum atomic E-state index is 13.3. The van der Waals surface area contributed by atoms with Crippen LogP contribution in [0.1, 0.15) is 46.2 Å². The third-order valence-corrected chi connectivity index (χ3v) is 6.19. The van der Waals surface area contributed by atoms with Crippen LogP contribution in [0.25, 0.3) is 11.2 Å². The number of halogens is 1. The zero-order chi connectivity index (χ0) is 21.7. The van der Waals surface area contributed by atoms with Gasteiger partial charge in [-0.15, -0.1) is 0 Å². The standard InChI is InChI=1S/C22H19BrN8O/c23-16-5-6-29-13-24-19(20(29)7-16)12-30(22(32)15-8-25-26-9-15)10-17-11-31-21(27-17)4-3-18(28-31)14-1-2-14/h3-9,11,13-14H,1-2,10,12H2,(H,25,26). The van der Waals surface area contributed by atoms with E-state index in [4.69, 9.17) is 10.1 Å². The molecule has 0 spiro atoms. The molecule has 0 unspecified atom stereocenters. The lowest BCUT2D eigenvalue weighted by Crippen LogP contribution is -2.30. The van der Waals surface area contributed by atoms with Gasteiger partial charge in [-0.25, -0.2) is 14.5 Å². The molecule has 1 aliphatic rings. The average Bonchev–Trinajstić information content (AvgIpc) is 3.19. The van der Waals surface area contributed by atoms with Gasteiger partial charge in [-0.3, -0.25) is 9.89 Å². The second-order valence-electron chi connectivity index (χ2n) is 8.04. The third-order valence-electron chi connectivity index (χ3n) is 5.69. The van der Waals surface area contributed by atoms with Gasteiger partial charge in [0.05, 0.1) is 60.0 Å². The topological polar surface area (TPSA) is 96.5 Å². The Morgan fingerprint density at radius 3 is 2.97 bits per heavy atom. The van der Waals surface area contributed by atoms with Crippen molar-refractivity contribution >= 4 is 33.0 Å². The molecule has 160 valence electrons. The van der Waals surface area contributed by atoms with Crippen LogP contribution in [0.3, 0.4) is 0 Å². The van der Waals surface area contributed by atoms with E-state index in [1.165, 1.54) is 19.0 Å². The van der Waals surface area contributed by atoms with Gasteiger partial charge in [0.2, 0.25) is 0 Å². The number of aromatic nitrogens is 7. The second kappa shape index (κ2) is 7.56. The Balaban J connectivity index is 1.34. The molecule has 10 heteroatoms. The molecule has 32 heavy (non-hydrogen) atoms. The maximum absolute atomic E-state index is 13.3. The SMILES string of the molecule is O=C(c1cn[nH]c1)N(Cc1cn2nc(C3CC3)ccc2n1)Cc1ncn2ccc(Br)cc12. The van der Waals surface area contributed by atoms with Crippen molar-refractivity contribution in [3.8, 4) is 0 Å². The number of hydrogen-bond acceptors (Lipinski definition) is 5. The molecule has 0 saturated heterocycles. The number of rotatable bonds is 6. The molecule has 1 saturated carbocycles. The first-order chi connectivity index (χ1) is 15.6. The number of nitrogens with one attached hydrogen (secondary N) is 1. The summed E-state index contributed by atoms with van der Waals surface area (Å²) < 4.78 is 4.71. The minimum absolute atomic E-state index is 0.140. The fourth-order valence-electron chi connectivity index (χ4n) is 3.88. The molecule has 9 nitrogen and oxygen atoms in total. The molecule has 1 fully saturated rings. The number of carbonyl (C=O) groups excluding carboxylic acids is 1. The number of H-pyrrole nitrogens is 1. The highest BCUT2D eigenvalue weighted by Crippen LogP contribution is 2.38. The summed E-state index contributed by atoms with van der Waals surface area (Å²) in [6.45, 7) is 0.671. The number of hydrogen-bond donors (Lipinski definition) is 1. The summed E-state index contributed by atoms with van der Waals surface area (Å²) in [6.07, 6.45) is 11.1. The summed E-state index contributed by atoms with van der Waals surface area (Å²) in [7, 11) is 0. The number of pyridine rings is 1. The molecule has 0 aliphatic heterocycles. The van der Waals surface area contributed by atoms with Crippen LogP contribution in [0.4, 0.5) is 0 Å². The van der Waals surface area contributed by atoms with Gasteiger partial charge in [0.1, 0.15) is 0 Å². The zero-order valence-electron chi connectivity index (χ0n) is 17.0. The molecule has 0 radical (unpaired) electrons. The Kier molecular flexibility index (Phi) is 4.53. The van der Waals surface area contributed by atoms with Crippen molar-refractivity contribution in [2.24, 2.45) is 0 Å². The minimum atomic E-state index is -0.140. The Labute approximate surface area is 191 Å². The molecule has 1 aliphatic carbocycles. The number of carbonyl (C=O) groups is 1. The zero-order valence-corrected chi connectivity index (χ0v) is 18.6. The number of nitrogens with zero attached hydrogens (tertiary/aromatic N) is 7. The van der Waals surface area contributed by atoms with Crippen molar-refractivity contribution in [1.82, 2.24) is 39.1 Å². The molecule has 0 aromatic carbocycles. The molecule has 1 N–H and O–H groups in total. The predicted molar refractivity (Wildman–Crippen MR) is 120 cm³/mol. The Hall–Kier alpha value is -3.53. The molecule has 0 bridgehead atoms. The van der Waals surface area contributed by atoms with Gasteiger partial charge in [0.25, 0.3) is 5.91 Å². The fourth-order valence-corrected chi connectivity index (χ4v) is 4.22. The van der Waals surface area contributed by atoms with Gasteiger partial charge >= 0.3 is 0 Å². The van der Waals surface area contributed by atoms with E-state index in [2.05, 4.69) is 31.1 Å². The minimum Gasteiger partial charge on any atom is -0.327 e. The lowest BCUT2D eigenvalue weighted by Gasteiger charge is -2.20. The number of fused-ring (bicyclic) bond motifs is 2. The molecule has 5 heterocycles. The van der Waals surface area contributed by atoms with Crippen LogP contribution in [0.5, 0.6) is 0 Å². The molecule has 5 aromatic heterocycles. The van der Waals surface area contributed by atoms with Gasteiger partial charge in [0, 0.05) is 22.8 Å². The quantitative estimate of drug-likeness (QED) is 0.392. The first-order valence-corrected chi connectivity index (χ1v) is 11.2. The summed E-state index contributed by atoms with van der Waals surface area (Å²) in [5.74, 6) is 0.427. The third kappa shape index (κ3) is 3.56. The molecule has 0 atom stereocenters. The van der Waals surface area contributed by atoms with Crippen LogP contribution < -0.4 is 0 Å². The Morgan fingerprint density at radius 1 is 1.25 bits per heavy atom. The Morgan fingerprint density at radius 2 is 2.16 bits per heavy atom. The van der Waals surface area contributed by atoms with Crippen LogP contribution in [0.2, 0.25) is 0 Å². The van der Waals surface area contributed by atoms with E-state index in [0.717, 1.165) is 32.7 Å². The van der Waals surface area contributed by atoms with Crippen LogP contribution in [0.15, 0.2) is 59.9 Å². The largest absolute Gasteiger partial charge is 0.327 e. The summed E-state index contributed by atoms with van der Waals surface area (Å²) >= 11 is 3.52. The van der Waals surface area contributed by atoms with Gasteiger partial charge in [-0.1, -0.05) is 15.9 Å². The molecular weight excluding hydrogens is 472 g/mol. The summed E-state index contributed by atoms with van der Waals surface area (Å²) in [5.41, 5.74) is 4.88. The van der Waals surface area contributed by atoms with Crippen LogP contribution in [-0.4, -0.2) is 45.0 Å². The first-order valence-electron chi connectivity index (χ1n) is 10.4. The van der Waals surface area contributed by atoms with Crippen molar-refractivity contribution in [3.63, 3.8) is 0 Å². The number of amides is 1. The molecular formula is C22H19BrN8O. The van der Waals surface area contributed by atoms with Crippen molar-refractivity contribution in [1.29, 1.82) is 0 Å². The predicted octanol–water partition coefficient (Wildman–Crippen LogP) is 3.58. The summed E-state index contributed by atoms with van der Waals surface area (Å²) in [4.78, 5) is 24.3. The van der Waals surface area contributed by atoms with Gasteiger partial charge in [-0.2, -0.15) is 10.2 Å². The van der Waals surface area contributed by atoms with Crippen LogP contribution in [0, 0.1) is 0 Å². The van der Waals surface area contributed by atoms with E-state index in [-0.39, 0.29) is 5.91 Å². The fraction of sp³-hybridized carbons (Fsp3) is 0.227. The maximum Gasteiger partial charge on any atom is 0.257 e. The van der Waals surface area contributed by atoms with E-state index in [9.17, 15) is 4.79 Å². The monoisotopic (exact) mass is 490 g/mol. The van der Waals surface area contributed by atoms with Gasteiger partial charge < -0.3 is 9.30 Å². The van der Waals surface area contributed by atoms with Crippen LogP contribution in [-0.2, 0) is 13.1 Å². The van der Waals surface area contributed by atoms with Crippen molar-refractivity contribution in [2.45, 2.75) is 31.8 Å². The van der Waals surface area contributed by atoms with Gasteiger partial charge in [-0.05, 0) is 37.1 Å². The van der Waals surface area contributed by atoms with Crippen molar-refractivity contribution in [2.75, 3.05) is 0 Å². The lowest BCUT2D eigenvalue weighted by molar-refractivity contribution is 0.0727. The first kappa shape index (κ1) is 19.2. The highest BCUT2D eigenvalue weighted by molar-refractivity contribution is 9.10. The van der Waals surface area contributed by atoms with Crippen LogP contribution >= 0.6 is 15.9 Å². The number of imidazole rings is 2. The lowest BCUT2D eigenvalue weighted by atomic mass is 10.2. The van der Waals surface area contributed by atoms with E-state index >= 15 is 0 Å². The summed E-state index contributed by atoms with van der Waals surface area (Å²) in [5, 5.41) is 11.3.